The van der Waals surface area contributed by atoms with E-state index in [1.165, 1.54) is 6.42 Å². The number of nitrogens with one attached hydrogen (secondary N) is 1. The first-order valence-electron chi connectivity index (χ1n) is 9.03. The molecule has 136 valence electrons. The number of carbonyl (C=O) groups is 2. The minimum absolute atomic E-state index is 0.0802. The van der Waals surface area contributed by atoms with E-state index in [0.29, 0.717) is 18.5 Å². The zero-order chi connectivity index (χ0) is 17.8. The maximum Gasteiger partial charge on any atom is 0.234 e. The average Bonchev–Trinajstić information content (AvgIpc) is 2.99. The topological polar surface area (TPSA) is 84.7 Å². The van der Waals surface area contributed by atoms with E-state index in [2.05, 4.69) is 5.32 Å². The predicted molar refractivity (Wildman–Crippen MR) is 94.9 cm³/mol. The number of nitrogens with two attached hydrogens (primary N) is 1. The van der Waals surface area contributed by atoms with E-state index in [1.54, 1.807) is 7.11 Å². The van der Waals surface area contributed by atoms with Crippen molar-refractivity contribution >= 4 is 11.8 Å². The van der Waals surface area contributed by atoms with Crippen LogP contribution in [0.1, 0.15) is 37.7 Å². The number of hydrogen-bond acceptors (Lipinski definition) is 4. The number of primary amides is 1. The number of hydrogen-bond donors (Lipinski definition) is 2. The number of rotatable bonds is 6. The van der Waals surface area contributed by atoms with E-state index in [-0.39, 0.29) is 24.4 Å². The monoisotopic (exact) mass is 345 g/mol. The van der Waals surface area contributed by atoms with E-state index in [1.807, 2.05) is 29.2 Å². The van der Waals surface area contributed by atoms with Crippen molar-refractivity contribution in [3.05, 3.63) is 29.8 Å². The second-order valence-electron chi connectivity index (χ2n) is 7.03. The Morgan fingerprint density at radius 3 is 2.80 bits per heavy atom. The summed E-state index contributed by atoms with van der Waals surface area (Å²) < 4.78 is 5.31. The van der Waals surface area contributed by atoms with Crippen LogP contribution in [0.4, 0.5) is 0 Å². The third-order valence-corrected chi connectivity index (χ3v) is 5.54. The van der Waals surface area contributed by atoms with Crippen LogP contribution >= 0.6 is 0 Å². The second kappa shape index (κ2) is 7.87. The summed E-state index contributed by atoms with van der Waals surface area (Å²) in [7, 11) is 1.62. The summed E-state index contributed by atoms with van der Waals surface area (Å²) in [5, 5.41) is 2.94. The van der Waals surface area contributed by atoms with E-state index in [4.69, 9.17) is 10.5 Å². The fourth-order valence-corrected chi connectivity index (χ4v) is 4.32. The van der Waals surface area contributed by atoms with Crippen LogP contribution in [0.15, 0.2) is 24.3 Å². The van der Waals surface area contributed by atoms with Crippen molar-refractivity contribution in [2.24, 2.45) is 11.7 Å². The van der Waals surface area contributed by atoms with Crippen LogP contribution in [0, 0.1) is 5.92 Å². The first kappa shape index (κ1) is 17.7. The van der Waals surface area contributed by atoms with E-state index < -0.39 is 0 Å². The van der Waals surface area contributed by atoms with Gasteiger partial charge in [-0.3, -0.25) is 14.5 Å². The minimum atomic E-state index is -0.315. The Balaban J connectivity index is 1.61. The van der Waals surface area contributed by atoms with Crippen LogP contribution in [-0.4, -0.2) is 42.5 Å². The first-order valence-corrected chi connectivity index (χ1v) is 9.03. The van der Waals surface area contributed by atoms with Gasteiger partial charge >= 0.3 is 0 Å². The van der Waals surface area contributed by atoms with Crippen molar-refractivity contribution in [2.45, 2.75) is 50.7 Å². The van der Waals surface area contributed by atoms with Gasteiger partial charge in [-0.25, -0.2) is 0 Å². The smallest absolute Gasteiger partial charge is 0.234 e. The van der Waals surface area contributed by atoms with Crippen molar-refractivity contribution in [1.82, 2.24) is 10.2 Å². The van der Waals surface area contributed by atoms with Crippen molar-refractivity contribution in [3.63, 3.8) is 0 Å². The Hall–Kier alpha value is -2.08. The highest BCUT2D eigenvalue weighted by Gasteiger charge is 2.44. The van der Waals surface area contributed by atoms with Crippen molar-refractivity contribution in [3.8, 4) is 5.75 Å². The molecule has 0 unspecified atom stereocenters. The van der Waals surface area contributed by atoms with Crippen molar-refractivity contribution in [1.29, 1.82) is 0 Å². The van der Waals surface area contributed by atoms with Crippen molar-refractivity contribution < 1.29 is 14.3 Å². The molecule has 0 radical (unpaired) electrons. The maximum atomic E-state index is 12.5. The molecule has 3 atom stereocenters. The summed E-state index contributed by atoms with van der Waals surface area (Å²) >= 11 is 0. The Labute approximate surface area is 148 Å². The number of amides is 2. The molecule has 1 aromatic rings. The Kier molecular flexibility index (Phi) is 5.58. The Morgan fingerprint density at radius 1 is 1.28 bits per heavy atom. The van der Waals surface area contributed by atoms with Gasteiger partial charge in [0, 0.05) is 18.2 Å². The summed E-state index contributed by atoms with van der Waals surface area (Å²) in [5.74, 6) is 0.856. The van der Waals surface area contributed by atoms with Crippen molar-refractivity contribution in [2.75, 3.05) is 13.7 Å². The van der Waals surface area contributed by atoms with Gasteiger partial charge in [-0.15, -0.1) is 0 Å². The quantitative estimate of drug-likeness (QED) is 0.817. The van der Waals surface area contributed by atoms with Gasteiger partial charge in [-0.05, 0) is 31.2 Å². The molecular weight excluding hydrogens is 318 g/mol. The third kappa shape index (κ3) is 3.95. The van der Waals surface area contributed by atoms with Gasteiger partial charge in [0.05, 0.1) is 19.7 Å². The highest BCUT2D eigenvalue weighted by atomic mass is 16.5. The molecule has 6 nitrogen and oxygen atoms in total. The van der Waals surface area contributed by atoms with Gasteiger partial charge in [-0.2, -0.15) is 0 Å². The molecule has 25 heavy (non-hydrogen) atoms. The Bertz CT molecular complexity index is 634. The molecule has 2 aliphatic rings. The fraction of sp³-hybridized carbons (Fsp3) is 0.579. The predicted octanol–water partition coefficient (Wildman–Crippen LogP) is 1.43. The molecule has 0 bridgehead atoms. The number of para-hydroxylation sites is 1. The molecule has 2 amide bonds. The molecular formula is C19H27N3O3. The summed E-state index contributed by atoms with van der Waals surface area (Å²) in [6.07, 6.45) is 5.34. The molecule has 1 aromatic carbocycles. The lowest BCUT2D eigenvalue weighted by molar-refractivity contribution is -0.126. The van der Waals surface area contributed by atoms with Crippen LogP contribution < -0.4 is 15.8 Å². The molecule has 0 aromatic heterocycles. The molecule has 1 saturated heterocycles. The maximum absolute atomic E-state index is 12.5. The molecule has 3 rings (SSSR count). The average molecular weight is 345 g/mol. The van der Waals surface area contributed by atoms with Gasteiger partial charge in [0.15, 0.2) is 0 Å². The molecule has 2 fully saturated rings. The largest absolute Gasteiger partial charge is 0.496 e. The highest BCUT2D eigenvalue weighted by Crippen LogP contribution is 2.39. The minimum Gasteiger partial charge on any atom is -0.496 e. The zero-order valence-electron chi connectivity index (χ0n) is 14.7. The van der Waals surface area contributed by atoms with E-state index in [0.717, 1.165) is 37.0 Å². The zero-order valence-corrected chi connectivity index (χ0v) is 14.7. The number of likely N-dealkylation sites (tertiary alicyclic amines) is 1. The van der Waals surface area contributed by atoms with Crippen LogP contribution in [-0.2, 0) is 16.1 Å². The van der Waals surface area contributed by atoms with Gasteiger partial charge in [0.1, 0.15) is 5.75 Å². The number of carbonyl (C=O) groups excluding carboxylic acids is 2. The lowest BCUT2D eigenvalue weighted by Crippen LogP contribution is -2.49. The van der Waals surface area contributed by atoms with Crippen LogP contribution in [0.2, 0.25) is 0 Å². The number of fused-ring (bicyclic) bond motifs is 1. The lowest BCUT2D eigenvalue weighted by atomic mass is 9.84. The summed E-state index contributed by atoms with van der Waals surface area (Å²) in [6.45, 7) is 0.635. The molecule has 1 aliphatic carbocycles. The number of nitrogens with zero attached hydrogens (tertiary/aromatic N) is 1. The molecule has 0 spiro atoms. The first-order chi connectivity index (χ1) is 12.1. The van der Waals surface area contributed by atoms with E-state index in [9.17, 15) is 9.59 Å². The number of methoxy groups -OCH3 is 1. The van der Waals surface area contributed by atoms with Gasteiger partial charge in [-0.1, -0.05) is 31.0 Å². The van der Waals surface area contributed by atoms with Gasteiger partial charge in [0.25, 0.3) is 0 Å². The van der Waals surface area contributed by atoms with E-state index >= 15 is 0 Å². The number of benzene rings is 1. The second-order valence-corrected chi connectivity index (χ2v) is 7.03. The molecule has 6 heteroatoms. The lowest BCUT2D eigenvalue weighted by Gasteiger charge is -2.32. The molecule has 1 aliphatic heterocycles. The van der Waals surface area contributed by atoms with Crippen LogP contribution in [0.3, 0.4) is 0 Å². The Morgan fingerprint density at radius 2 is 2.04 bits per heavy atom. The van der Waals surface area contributed by atoms with Crippen LogP contribution in [0.5, 0.6) is 5.75 Å². The SMILES string of the molecule is COc1ccccc1CNC(=O)CN1[C@H](C(N)=O)C[C@H]2CCCC[C@@H]21. The third-order valence-electron chi connectivity index (χ3n) is 5.54. The molecule has 1 heterocycles. The standard InChI is InChI=1S/C19H27N3O3/c1-25-17-9-5-3-7-14(17)11-21-18(23)12-22-15-8-4-2-6-13(15)10-16(22)19(20)24/h3,5,7,9,13,15-16H,2,4,6,8,10-12H2,1H3,(H2,20,24)(H,21,23)/t13-,15+,16+/m1/s1. The summed E-state index contributed by atoms with van der Waals surface area (Å²) in [4.78, 5) is 26.3. The van der Waals surface area contributed by atoms with Crippen LogP contribution in [0.25, 0.3) is 0 Å². The normalized spacial score (nSPS) is 26.0. The number of ether oxygens (including phenoxy) is 1. The molecule has 3 N–H and O–H groups in total. The summed E-state index contributed by atoms with van der Waals surface area (Å²) in [5.41, 5.74) is 6.52. The molecule has 1 saturated carbocycles. The van der Waals surface area contributed by atoms with Gasteiger partial charge in [0.2, 0.25) is 11.8 Å². The van der Waals surface area contributed by atoms with Gasteiger partial charge < -0.3 is 15.8 Å². The highest BCUT2D eigenvalue weighted by molar-refractivity contribution is 5.83. The summed E-state index contributed by atoms with van der Waals surface area (Å²) in [6, 6.07) is 7.61. The fourth-order valence-electron chi connectivity index (χ4n) is 4.32.